The maximum absolute atomic E-state index is 12.6. The largest absolute Gasteiger partial charge is 0.306 e. The summed E-state index contributed by atoms with van der Waals surface area (Å²) in [6, 6.07) is 11.0. The van der Waals surface area contributed by atoms with E-state index in [9.17, 15) is 13.2 Å². The highest BCUT2D eigenvalue weighted by Gasteiger charge is 2.17. The van der Waals surface area contributed by atoms with E-state index in [0.29, 0.717) is 15.3 Å². The molecule has 0 saturated carbocycles. The fraction of sp³-hybridized carbons (Fsp3) is 0.0625. The summed E-state index contributed by atoms with van der Waals surface area (Å²) >= 11 is 9.12. The summed E-state index contributed by atoms with van der Waals surface area (Å²) in [4.78, 5) is 20.9. The van der Waals surface area contributed by atoms with Crippen LogP contribution in [0.3, 0.4) is 0 Å². The number of benzene rings is 1. The van der Waals surface area contributed by atoms with Crippen molar-refractivity contribution >= 4 is 60.3 Å². The van der Waals surface area contributed by atoms with E-state index >= 15 is 0 Å². The van der Waals surface area contributed by atoms with Crippen molar-refractivity contribution in [1.29, 1.82) is 0 Å². The van der Waals surface area contributed by atoms with Gasteiger partial charge >= 0.3 is 0 Å². The van der Waals surface area contributed by atoms with E-state index in [0.717, 1.165) is 5.39 Å². The molecule has 2 aromatic heterocycles. The fourth-order valence-corrected chi connectivity index (χ4v) is 3.52. The molecule has 3 aromatic rings. The van der Waals surface area contributed by atoms with Gasteiger partial charge < -0.3 is 5.32 Å². The fourth-order valence-electron chi connectivity index (χ4n) is 2.19. The first-order chi connectivity index (χ1) is 12.3. The maximum atomic E-state index is 12.6. The number of carbonyl (C=O) groups excluding carboxylic acids is 1. The van der Waals surface area contributed by atoms with Gasteiger partial charge in [-0.3, -0.25) is 4.79 Å². The van der Waals surface area contributed by atoms with Gasteiger partial charge in [-0.15, -0.1) is 0 Å². The lowest BCUT2D eigenvalue weighted by Gasteiger charge is -2.09. The smallest absolute Gasteiger partial charge is 0.258 e. The van der Waals surface area contributed by atoms with Crippen molar-refractivity contribution in [3.05, 3.63) is 57.7 Å². The summed E-state index contributed by atoms with van der Waals surface area (Å²) in [5.41, 5.74) is 0.545. The van der Waals surface area contributed by atoms with E-state index in [1.807, 2.05) is 0 Å². The van der Waals surface area contributed by atoms with Crippen LogP contribution in [0, 0.1) is 0 Å². The monoisotopic (exact) mass is 454 g/mol. The van der Waals surface area contributed by atoms with Gasteiger partial charge in [0, 0.05) is 9.86 Å². The summed E-state index contributed by atoms with van der Waals surface area (Å²) < 4.78 is 26.5. The minimum absolute atomic E-state index is 0.0201. The molecular formula is C16H12BrClN4O3S. The second-order valence-corrected chi connectivity index (χ2v) is 8.31. The minimum Gasteiger partial charge on any atom is -0.306 e. The van der Waals surface area contributed by atoms with Gasteiger partial charge in [0.15, 0.2) is 5.65 Å². The number of fused-ring (bicyclic) bond motifs is 1. The third kappa shape index (κ3) is 3.85. The second kappa shape index (κ2) is 7.28. The molecule has 1 aromatic carbocycles. The average Bonchev–Trinajstić information content (AvgIpc) is 2.61. The molecule has 134 valence electrons. The molecule has 0 saturated heterocycles. The minimum atomic E-state index is -3.67. The van der Waals surface area contributed by atoms with Gasteiger partial charge in [0.25, 0.3) is 5.91 Å². The lowest BCUT2D eigenvalue weighted by molar-refractivity contribution is 0.102. The van der Waals surface area contributed by atoms with Crippen LogP contribution >= 0.6 is 27.5 Å². The molecule has 0 spiro atoms. The molecule has 0 aliphatic heterocycles. The number of rotatable bonds is 4. The van der Waals surface area contributed by atoms with E-state index in [-0.39, 0.29) is 16.3 Å². The molecule has 0 bridgehead atoms. The number of carbonyl (C=O) groups is 1. The lowest BCUT2D eigenvalue weighted by atomic mass is 10.2. The summed E-state index contributed by atoms with van der Waals surface area (Å²) in [5.74, 6) is -0.245. The molecule has 26 heavy (non-hydrogen) atoms. The number of nitrogens with zero attached hydrogens (tertiary/aromatic N) is 2. The Morgan fingerprint density at radius 2 is 1.85 bits per heavy atom. The van der Waals surface area contributed by atoms with Gasteiger partial charge in [0.1, 0.15) is 11.0 Å². The van der Waals surface area contributed by atoms with Gasteiger partial charge in [-0.1, -0.05) is 11.6 Å². The molecule has 0 radical (unpaired) electrons. The van der Waals surface area contributed by atoms with Gasteiger partial charge in [-0.05, 0) is 65.4 Å². The number of aromatic nitrogens is 2. The quantitative estimate of drug-likeness (QED) is 0.588. The number of nitrogens with one attached hydrogen (secondary N) is 2. The SMILES string of the molecule is CNS(=O)(=O)c1ccc(Br)c(C(=O)Nc2ccc3ccc(Cl)nc3n2)c1. The van der Waals surface area contributed by atoms with E-state index in [1.54, 1.807) is 24.3 Å². The number of hydrogen-bond acceptors (Lipinski definition) is 5. The Balaban J connectivity index is 1.94. The summed E-state index contributed by atoms with van der Waals surface area (Å²) in [6.45, 7) is 0. The van der Waals surface area contributed by atoms with Crippen molar-refractivity contribution < 1.29 is 13.2 Å². The Bertz CT molecular complexity index is 1120. The van der Waals surface area contributed by atoms with Gasteiger partial charge in [-0.25, -0.2) is 23.1 Å². The standard InChI is InChI=1S/C16H12BrClN4O3S/c1-19-26(24,25)10-4-5-12(17)11(8-10)16(23)22-14-7-3-9-2-6-13(18)20-15(9)21-14/h2-8,19H,1H3,(H,20,21,22,23). The molecule has 2 N–H and O–H groups in total. The molecule has 7 nitrogen and oxygen atoms in total. The zero-order valence-electron chi connectivity index (χ0n) is 13.3. The van der Waals surface area contributed by atoms with Crippen molar-refractivity contribution in [2.75, 3.05) is 12.4 Å². The van der Waals surface area contributed by atoms with Crippen LogP contribution in [0.5, 0.6) is 0 Å². The number of amides is 1. The summed E-state index contributed by atoms with van der Waals surface area (Å²) in [6.07, 6.45) is 0. The van der Waals surface area contributed by atoms with Gasteiger partial charge in [0.05, 0.1) is 10.5 Å². The summed E-state index contributed by atoms with van der Waals surface area (Å²) in [5, 5.41) is 3.70. The molecule has 10 heteroatoms. The Kier molecular flexibility index (Phi) is 5.24. The number of pyridine rings is 2. The average molecular weight is 456 g/mol. The lowest BCUT2D eigenvalue weighted by Crippen LogP contribution is -2.20. The second-order valence-electron chi connectivity index (χ2n) is 5.18. The van der Waals surface area contributed by atoms with Crippen molar-refractivity contribution in [1.82, 2.24) is 14.7 Å². The highest BCUT2D eigenvalue weighted by atomic mass is 79.9. The van der Waals surface area contributed by atoms with E-state index in [2.05, 4.69) is 35.9 Å². The number of sulfonamides is 1. The highest BCUT2D eigenvalue weighted by Crippen LogP contribution is 2.23. The van der Waals surface area contributed by atoms with Crippen LogP contribution in [0.25, 0.3) is 11.0 Å². The Hall–Kier alpha value is -2.07. The third-order valence-electron chi connectivity index (χ3n) is 3.52. The van der Waals surface area contributed by atoms with Crippen molar-refractivity contribution in [2.24, 2.45) is 0 Å². The van der Waals surface area contributed by atoms with Crippen LogP contribution in [-0.2, 0) is 10.0 Å². The molecule has 0 atom stereocenters. The predicted octanol–water partition coefficient (Wildman–Crippen LogP) is 3.21. The summed E-state index contributed by atoms with van der Waals surface area (Å²) in [7, 11) is -2.37. The van der Waals surface area contributed by atoms with Gasteiger partial charge in [-0.2, -0.15) is 0 Å². The number of anilines is 1. The van der Waals surface area contributed by atoms with E-state index in [4.69, 9.17) is 11.6 Å². The highest BCUT2D eigenvalue weighted by molar-refractivity contribution is 9.10. The Morgan fingerprint density at radius 1 is 1.12 bits per heavy atom. The van der Waals surface area contributed by atoms with Crippen LogP contribution < -0.4 is 10.0 Å². The molecular weight excluding hydrogens is 444 g/mol. The normalized spacial score (nSPS) is 11.5. The van der Waals surface area contributed by atoms with E-state index in [1.165, 1.54) is 25.2 Å². The molecule has 2 heterocycles. The van der Waals surface area contributed by atoms with Crippen molar-refractivity contribution in [3.63, 3.8) is 0 Å². The van der Waals surface area contributed by atoms with Crippen molar-refractivity contribution in [2.45, 2.75) is 4.90 Å². The predicted molar refractivity (Wildman–Crippen MR) is 103 cm³/mol. The molecule has 0 aliphatic rings. The molecule has 0 aliphatic carbocycles. The number of hydrogen-bond donors (Lipinski definition) is 2. The maximum Gasteiger partial charge on any atom is 0.258 e. The Labute approximate surface area is 163 Å². The first kappa shape index (κ1) is 18.7. The van der Waals surface area contributed by atoms with E-state index < -0.39 is 15.9 Å². The Morgan fingerprint density at radius 3 is 2.58 bits per heavy atom. The molecule has 3 rings (SSSR count). The van der Waals surface area contributed by atoms with Crippen LogP contribution in [0.4, 0.5) is 5.82 Å². The van der Waals surface area contributed by atoms with Crippen LogP contribution in [-0.4, -0.2) is 31.3 Å². The van der Waals surface area contributed by atoms with Crippen LogP contribution in [0.1, 0.15) is 10.4 Å². The first-order valence-electron chi connectivity index (χ1n) is 7.28. The van der Waals surface area contributed by atoms with Crippen LogP contribution in [0.2, 0.25) is 5.15 Å². The zero-order chi connectivity index (χ0) is 18.9. The van der Waals surface area contributed by atoms with Crippen molar-refractivity contribution in [3.8, 4) is 0 Å². The van der Waals surface area contributed by atoms with Crippen LogP contribution in [0.15, 0.2) is 51.8 Å². The zero-order valence-corrected chi connectivity index (χ0v) is 16.5. The molecule has 0 unspecified atom stereocenters. The molecule has 0 fully saturated rings. The molecule has 1 amide bonds. The number of halogens is 2. The van der Waals surface area contributed by atoms with Gasteiger partial charge in [0.2, 0.25) is 10.0 Å². The first-order valence-corrected chi connectivity index (χ1v) is 9.93. The third-order valence-corrected chi connectivity index (χ3v) is 5.84. The topological polar surface area (TPSA) is 101 Å².